The number of hydrogen-bond donors (Lipinski definition) is 0. The number of ether oxygens (including phenoxy) is 3. The Balaban J connectivity index is 2.33. The zero-order valence-corrected chi connectivity index (χ0v) is 10.2. The van der Waals surface area contributed by atoms with Gasteiger partial charge >= 0.3 is 0 Å². The summed E-state index contributed by atoms with van der Waals surface area (Å²) in [6.45, 7) is 3.06. The third kappa shape index (κ3) is 2.00. The van der Waals surface area contributed by atoms with Gasteiger partial charge < -0.3 is 14.2 Å². The Morgan fingerprint density at radius 3 is 2.60 bits per heavy atom. The SMILES string of the molecule is COc1ccc(C2(C)OCCO2)nc1Br. The third-order valence-corrected chi connectivity index (χ3v) is 2.91. The Morgan fingerprint density at radius 1 is 1.40 bits per heavy atom. The van der Waals surface area contributed by atoms with Crippen molar-refractivity contribution in [2.45, 2.75) is 12.7 Å². The van der Waals surface area contributed by atoms with Crippen LogP contribution in [-0.2, 0) is 15.3 Å². The highest BCUT2D eigenvalue weighted by atomic mass is 79.9. The molecule has 0 spiro atoms. The molecule has 4 nitrogen and oxygen atoms in total. The van der Waals surface area contributed by atoms with Crippen LogP contribution in [0.5, 0.6) is 5.75 Å². The van der Waals surface area contributed by atoms with Crippen molar-refractivity contribution >= 4 is 15.9 Å². The van der Waals surface area contributed by atoms with E-state index >= 15 is 0 Å². The maximum absolute atomic E-state index is 5.51. The molecule has 0 saturated carbocycles. The van der Waals surface area contributed by atoms with E-state index in [0.717, 1.165) is 5.69 Å². The van der Waals surface area contributed by atoms with Crippen molar-refractivity contribution in [3.63, 3.8) is 0 Å². The van der Waals surface area contributed by atoms with Crippen LogP contribution in [0, 0.1) is 0 Å². The first-order valence-electron chi connectivity index (χ1n) is 4.64. The monoisotopic (exact) mass is 273 g/mol. The molecule has 2 heterocycles. The molecule has 0 radical (unpaired) electrons. The molecule has 0 N–H and O–H groups in total. The van der Waals surface area contributed by atoms with Crippen LogP contribution in [0.1, 0.15) is 12.6 Å². The molecule has 0 bridgehead atoms. The van der Waals surface area contributed by atoms with Crippen LogP contribution in [0.3, 0.4) is 0 Å². The topological polar surface area (TPSA) is 40.6 Å². The maximum atomic E-state index is 5.51. The molecule has 0 aliphatic carbocycles. The lowest BCUT2D eigenvalue weighted by Gasteiger charge is -2.21. The standard InChI is InChI=1S/C10H12BrNO3/c1-10(14-5-6-15-10)8-4-3-7(13-2)9(11)12-8/h3-4H,5-6H2,1-2H3. The minimum absolute atomic E-state index is 0.599. The smallest absolute Gasteiger partial charge is 0.209 e. The van der Waals surface area contributed by atoms with Crippen LogP contribution in [0.25, 0.3) is 0 Å². The number of pyridine rings is 1. The summed E-state index contributed by atoms with van der Waals surface area (Å²) in [6, 6.07) is 3.68. The fourth-order valence-electron chi connectivity index (χ4n) is 1.49. The highest BCUT2D eigenvalue weighted by Crippen LogP contribution is 2.32. The maximum Gasteiger partial charge on any atom is 0.209 e. The van der Waals surface area contributed by atoms with Crippen molar-refractivity contribution in [3.8, 4) is 5.75 Å². The predicted molar refractivity (Wildman–Crippen MR) is 57.7 cm³/mol. The average molecular weight is 274 g/mol. The van der Waals surface area contributed by atoms with Gasteiger partial charge in [0.1, 0.15) is 10.3 Å². The van der Waals surface area contributed by atoms with Crippen molar-refractivity contribution in [1.29, 1.82) is 0 Å². The molecule has 2 rings (SSSR count). The predicted octanol–water partition coefficient (Wildman–Crippen LogP) is 2.07. The van der Waals surface area contributed by atoms with E-state index in [1.54, 1.807) is 7.11 Å². The Labute approximate surface area is 96.7 Å². The number of rotatable bonds is 2. The molecule has 0 aromatic carbocycles. The van der Waals surface area contributed by atoms with Crippen LogP contribution in [0.2, 0.25) is 0 Å². The lowest BCUT2D eigenvalue weighted by atomic mass is 10.2. The van der Waals surface area contributed by atoms with E-state index in [1.165, 1.54) is 0 Å². The first-order chi connectivity index (χ1) is 7.15. The number of nitrogens with zero attached hydrogens (tertiary/aromatic N) is 1. The Hall–Kier alpha value is -0.650. The molecule has 1 aliphatic heterocycles. The summed E-state index contributed by atoms with van der Waals surface area (Å²) in [4.78, 5) is 4.34. The second kappa shape index (κ2) is 4.08. The molecule has 1 aromatic rings. The van der Waals surface area contributed by atoms with Gasteiger partial charge in [0, 0.05) is 0 Å². The van der Waals surface area contributed by atoms with Crippen molar-refractivity contribution in [2.75, 3.05) is 20.3 Å². The summed E-state index contributed by atoms with van der Waals surface area (Å²) >= 11 is 3.33. The highest BCUT2D eigenvalue weighted by Gasteiger charge is 2.34. The van der Waals surface area contributed by atoms with Crippen LogP contribution in [0.4, 0.5) is 0 Å². The third-order valence-electron chi connectivity index (χ3n) is 2.34. The number of halogens is 1. The lowest BCUT2D eigenvalue weighted by Crippen LogP contribution is -2.23. The van der Waals surface area contributed by atoms with Crippen LogP contribution < -0.4 is 4.74 Å². The Kier molecular flexibility index (Phi) is 2.95. The average Bonchev–Trinajstić information content (AvgIpc) is 2.66. The van der Waals surface area contributed by atoms with Crippen LogP contribution in [-0.4, -0.2) is 25.3 Å². The van der Waals surface area contributed by atoms with E-state index < -0.39 is 5.79 Å². The van der Waals surface area contributed by atoms with Gasteiger partial charge in [0.05, 0.1) is 20.3 Å². The quantitative estimate of drug-likeness (QED) is 0.774. The molecular formula is C10H12BrNO3. The van der Waals surface area contributed by atoms with Crippen molar-refractivity contribution in [3.05, 3.63) is 22.4 Å². The van der Waals surface area contributed by atoms with Crippen molar-refractivity contribution < 1.29 is 14.2 Å². The van der Waals surface area contributed by atoms with Crippen molar-refractivity contribution in [2.24, 2.45) is 0 Å². The summed E-state index contributed by atoms with van der Waals surface area (Å²) in [7, 11) is 1.60. The van der Waals surface area contributed by atoms with Gasteiger partial charge in [-0.25, -0.2) is 4.98 Å². The van der Waals surface area contributed by atoms with Gasteiger partial charge in [-0.1, -0.05) is 0 Å². The fourth-order valence-corrected chi connectivity index (χ4v) is 1.97. The van der Waals surface area contributed by atoms with E-state index in [1.807, 2.05) is 19.1 Å². The van der Waals surface area contributed by atoms with Crippen LogP contribution >= 0.6 is 15.9 Å². The minimum atomic E-state index is -0.727. The fraction of sp³-hybridized carbons (Fsp3) is 0.500. The number of aromatic nitrogens is 1. The lowest BCUT2D eigenvalue weighted by molar-refractivity contribution is -0.152. The van der Waals surface area contributed by atoms with Gasteiger partial charge in [0.15, 0.2) is 5.75 Å². The van der Waals surface area contributed by atoms with E-state index in [-0.39, 0.29) is 0 Å². The highest BCUT2D eigenvalue weighted by molar-refractivity contribution is 9.10. The Morgan fingerprint density at radius 2 is 2.07 bits per heavy atom. The molecule has 0 amide bonds. The molecule has 5 heteroatoms. The van der Waals surface area contributed by atoms with Gasteiger partial charge in [-0.15, -0.1) is 0 Å². The molecule has 15 heavy (non-hydrogen) atoms. The summed E-state index contributed by atoms with van der Waals surface area (Å²) < 4.78 is 16.8. The van der Waals surface area contributed by atoms with E-state index in [9.17, 15) is 0 Å². The second-order valence-corrected chi connectivity index (χ2v) is 4.08. The van der Waals surface area contributed by atoms with Gasteiger partial charge in [-0.2, -0.15) is 0 Å². The molecule has 1 aromatic heterocycles. The van der Waals surface area contributed by atoms with Crippen molar-refractivity contribution in [1.82, 2.24) is 4.98 Å². The Bertz CT molecular complexity index is 364. The van der Waals surface area contributed by atoms with Gasteiger partial charge in [0.25, 0.3) is 0 Å². The molecular weight excluding hydrogens is 262 g/mol. The zero-order valence-electron chi connectivity index (χ0n) is 8.62. The first-order valence-corrected chi connectivity index (χ1v) is 5.44. The minimum Gasteiger partial charge on any atom is -0.494 e. The largest absolute Gasteiger partial charge is 0.494 e. The van der Waals surface area contributed by atoms with Gasteiger partial charge in [-0.05, 0) is 35.0 Å². The summed E-state index contributed by atoms with van der Waals surface area (Å²) in [5.74, 6) is -0.0326. The molecule has 1 saturated heterocycles. The second-order valence-electron chi connectivity index (χ2n) is 3.33. The normalized spacial score (nSPS) is 19.1. The van der Waals surface area contributed by atoms with Crippen LogP contribution in [0.15, 0.2) is 16.7 Å². The van der Waals surface area contributed by atoms with Gasteiger partial charge in [-0.3, -0.25) is 0 Å². The molecule has 1 fully saturated rings. The summed E-state index contributed by atoms with van der Waals surface area (Å²) in [5, 5.41) is 0. The summed E-state index contributed by atoms with van der Waals surface area (Å²) in [5.41, 5.74) is 0.743. The summed E-state index contributed by atoms with van der Waals surface area (Å²) in [6.07, 6.45) is 0. The molecule has 82 valence electrons. The first kappa shape index (κ1) is 10.9. The van der Waals surface area contributed by atoms with E-state index in [4.69, 9.17) is 14.2 Å². The number of hydrogen-bond acceptors (Lipinski definition) is 4. The molecule has 0 atom stereocenters. The van der Waals surface area contributed by atoms with Gasteiger partial charge in [0.2, 0.25) is 5.79 Å². The number of methoxy groups -OCH3 is 1. The zero-order chi connectivity index (χ0) is 10.9. The molecule has 0 unspecified atom stereocenters. The van der Waals surface area contributed by atoms with E-state index in [2.05, 4.69) is 20.9 Å². The van der Waals surface area contributed by atoms with E-state index in [0.29, 0.717) is 23.6 Å². The molecule has 1 aliphatic rings.